The number of hydrogen-bond acceptors (Lipinski definition) is 14. The summed E-state index contributed by atoms with van der Waals surface area (Å²) in [6, 6.07) is 2.63. The van der Waals surface area contributed by atoms with Gasteiger partial charge in [-0.3, -0.25) is 14.4 Å². The first-order chi connectivity index (χ1) is 24.6. The molecule has 0 aliphatic heterocycles. The number of amides is 2. The van der Waals surface area contributed by atoms with Crippen molar-refractivity contribution in [1.29, 1.82) is 0 Å². The predicted molar refractivity (Wildman–Crippen MR) is 186 cm³/mol. The number of carbonyl (C=O) groups is 4. The van der Waals surface area contributed by atoms with Crippen molar-refractivity contribution in [3.8, 4) is 5.75 Å². The van der Waals surface area contributed by atoms with Crippen LogP contribution in [0, 0.1) is 0 Å². The fraction of sp³-hybridized carbons (Fsp3) is 0.562. The molecule has 3 N–H and O–H groups in total. The van der Waals surface area contributed by atoms with Gasteiger partial charge >= 0.3 is 11.9 Å². The van der Waals surface area contributed by atoms with Gasteiger partial charge in [0.2, 0.25) is 5.91 Å². The molecule has 0 radical (unpaired) electrons. The van der Waals surface area contributed by atoms with Crippen molar-refractivity contribution in [3.05, 3.63) is 46.0 Å². The Labute approximate surface area is 311 Å². The predicted octanol–water partition coefficient (Wildman–Crippen LogP) is 2.26. The number of carboxylic acid groups (broad SMARTS) is 1. The molecule has 0 saturated heterocycles. The summed E-state index contributed by atoms with van der Waals surface area (Å²) in [5.74, 6) is -2.81. The number of rotatable bonds is 25. The molecule has 0 spiro atoms. The van der Waals surface area contributed by atoms with E-state index >= 15 is 0 Å². The quantitative estimate of drug-likeness (QED) is 0.0968. The highest BCUT2D eigenvalue weighted by atomic mass is 35.5. The van der Waals surface area contributed by atoms with Gasteiger partial charge in [-0.2, -0.15) is 0 Å². The highest BCUT2D eigenvalue weighted by molar-refractivity contribution is 7.90. The number of aromatic nitrogens is 2. The molecule has 0 fully saturated rings. The van der Waals surface area contributed by atoms with E-state index in [0.29, 0.717) is 6.42 Å². The summed E-state index contributed by atoms with van der Waals surface area (Å²) in [5, 5.41) is 13.3. The van der Waals surface area contributed by atoms with E-state index in [0.717, 1.165) is 0 Å². The lowest BCUT2D eigenvalue weighted by molar-refractivity contribution is -0.155. The van der Waals surface area contributed by atoms with Gasteiger partial charge in [-0.1, -0.05) is 23.2 Å². The van der Waals surface area contributed by atoms with Crippen molar-refractivity contribution in [2.75, 3.05) is 72.6 Å². The summed E-state index contributed by atoms with van der Waals surface area (Å²) in [7, 11) is -4.04. The molecule has 2 rings (SSSR count). The van der Waals surface area contributed by atoms with E-state index in [9.17, 15) is 27.6 Å². The number of carbonyl (C=O) groups excluding carboxylic acids is 3. The van der Waals surface area contributed by atoms with Gasteiger partial charge in [0, 0.05) is 31.9 Å². The molecule has 0 unspecified atom stereocenters. The lowest BCUT2D eigenvalue weighted by atomic mass is 10.2. The first-order valence-electron chi connectivity index (χ1n) is 16.0. The number of benzene rings is 1. The summed E-state index contributed by atoms with van der Waals surface area (Å²) >= 11 is 12.6. The van der Waals surface area contributed by atoms with Crippen LogP contribution >= 0.6 is 23.2 Å². The average molecular weight is 796 g/mol. The van der Waals surface area contributed by atoms with Gasteiger partial charge in [0.1, 0.15) is 41.2 Å². The van der Waals surface area contributed by atoms with E-state index in [2.05, 4.69) is 20.6 Å². The van der Waals surface area contributed by atoms with Crippen molar-refractivity contribution in [2.24, 2.45) is 0 Å². The van der Waals surface area contributed by atoms with Gasteiger partial charge in [0.15, 0.2) is 9.84 Å². The van der Waals surface area contributed by atoms with Crippen molar-refractivity contribution in [3.63, 3.8) is 0 Å². The molecular formula is C32H44Cl2N4O13S. The Hall–Kier alpha value is -3.65. The van der Waals surface area contributed by atoms with Gasteiger partial charge in [-0.15, -0.1) is 0 Å². The maximum atomic E-state index is 13.1. The average Bonchev–Trinajstić information content (AvgIpc) is 3.06. The maximum absolute atomic E-state index is 13.1. The maximum Gasteiger partial charge on any atom is 0.329 e. The number of aliphatic carboxylic acids is 1. The monoisotopic (exact) mass is 794 g/mol. The number of esters is 1. The molecule has 20 heteroatoms. The molecule has 0 aliphatic carbocycles. The van der Waals surface area contributed by atoms with E-state index < -0.39 is 39.7 Å². The van der Waals surface area contributed by atoms with E-state index in [1.165, 1.54) is 24.5 Å². The van der Waals surface area contributed by atoms with Crippen LogP contribution in [0.15, 0.2) is 29.4 Å². The second-order valence-electron chi connectivity index (χ2n) is 11.7. The highest BCUT2D eigenvalue weighted by Gasteiger charge is 2.24. The Morgan fingerprint density at radius 1 is 0.808 bits per heavy atom. The summed E-state index contributed by atoms with van der Waals surface area (Å²) < 4.78 is 57.6. The number of nitrogens with one attached hydrogen (secondary N) is 2. The van der Waals surface area contributed by atoms with Crippen molar-refractivity contribution >= 4 is 56.8 Å². The number of halogens is 2. The molecular weight excluding hydrogens is 751 g/mol. The third kappa shape index (κ3) is 18.2. The number of nitrogens with zero attached hydrogens (tertiary/aromatic N) is 2. The summed E-state index contributed by atoms with van der Waals surface area (Å²) in [5.41, 5.74) is -0.495. The molecule has 2 amide bonds. The Balaban J connectivity index is 1.65. The van der Waals surface area contributed by atoms with Crippen LogP contribution in [0.1, 0.15) is 49.8 Å². The van der Waals surface area contributed by atoms with Crippen LogP contribution < -0.4 is 15.4 Å². The smallest absolute Gasteiger partial charge is 0.329 e. The standard InChI is InChI=1S/C32H44Cl2N4O13S/c1-32(2,3)51-28(42)5-4-10-50-23-6-7-24(30(34)29(23)33)52(44,45)21-25-37-17-22(18-38-25)31(43)36-9-12-47-13-15-48-19-26(39)35-8-11-46-14-16-49-20-27(40)41/h6-7,17-18H,4-5,8-16,19-21H2,1-3H3,(H,35,39)(H,36,43)(H,40,41). The Morgan fingerprint density at radius 2 is 1.40 bits per heavy atom. The van der Waals surface area contributed by atoms with Crippen molar-refractivity contribution < 1.29 is 61.1 Å². The number of ether oxygens (including phenoxy) is 6. The van der Waals surface area contributed by atoms with E-state index in [4.69, 9.17) is 56.7 Å². The SMILES string of the molecule is CC(C)(C)OC(=O)CCCOc1ccc(S(=O)(=O)Cc2ncc(C(=O)NCCOCCOCC(=O)NCCOCCOCC(=O)O)cn2)c(Cl)c1Cl. The van der Waals surface area contributed by atoms with E-state index in [-0.39, 0.29) is 116 Å². The minimum absolute atomic E-state index is 0.0726. The van der Waals surface area contributed by atoms with Crippen LogP contribution in [0.2, 0.25) is 10.0 Å². The summed E-state index contributed by atoms with van der Waals surface area (Å²) in [6.07, 6.45) is 2.86. The number of sulfone groups is 1. The molecule has 52 heavy (non-hydrogen) atoms. The zero-order valence-electron chi connectivity index (χ0n) is 29.1. The van der Waals surface area contributed by atoms with Crippen LogP contribution in [0.5, 0.6) is 5.75 Å². The van der Waals surface area contributed by atoms with Crippen LogP contribution in [0.25, 0.3) is 0 Å². The number of carboxylic acids is 1. The molecule has 0 bridgehead atoms. The molecule has 1 aromatic heterocycles. The molecule has 0 atom stereocenters. The first kappa shape index (κ1) is 44.5. The topological polar surface area (TPSA) is 228 Å². The number of hydrogen-bond donors (Lipinski definition) is 3. The fourth-order valence-electron chi connectivity index (χ4n) is 3.87. The third-order valence-electron chi connectivity index (χ3n) is 6.14. The second kappa shape index (κ2) is 23.1. The van der Waals surface area contributed by atoms with E-state index in [1.54, 1.807) is 20.8 Å². The van der Waals surface area contributed by atoms with Crippen LogP contribution in [0.4, 0.5) is 0 Å². The highest BCUT2D eigenvalue weighted by Crippen LogP contribution is 2.37. The van der Waals surface area contributed by atoms with Gasteiger partial charge in [-0.25, -0.2) is 23.2 Å². The van der Waals surface area contributed by atoms with E-state index in [1.807, 2.05) is 0 Å². The van der Waals surface area contributed by atoms with Crippen molar-refractivity contribution in [1.82, 2.24) is 20.6 Å². The zero-order chi connectivity index (χ0) is 38.6. The third-order valence-corrected chi connectivity index (χ3v) is 8.76. The second-order valence-corrected chi connectivity index (χ2v) is 14.4. The lowest BCUT2D eigenvalue weighted by Crippen LogP contribution is -2.31. The fourth-order valence-corrected chi connectivity index (χ4v) is 5.95. The van der Waals surface area contributed by atoms with Gasteiger partial charge in [0.05, 0.1) is 61.7 Å². The van der Waals surface area contributed by atoms with Gasteiger partial charge in [-0.05, 0) is 39.3 Å². The zero-order valence-corrected chi connectivity index (χ0v) is 31.4. The lowest BCUT2D eigenvalue weighted by Gasteiger charge is -2.19. The molecule has 2 aromatic rings. The van der Waals surface area contributed by atoms with Crippen LogP contribution in [-0.4, -0.2) is 125 Å². The van der Waals surface area contributed by atoms with Crippen LogP contribution in [0.3, 0.4) is 0 Å². The molecule has 290 valence electrons. The molecule has 17 nitrogen and oxygen atoms in total. The minimum Gasteiger partial charge on any atom is -0.492 e. The molecule has 1 heterocycles. The first-order valence-corrected chi connectivity index (χ1v) is 18.4. The Kier molecular flexibility index (Phi) is 19.8. The van der Waals surface area contributed by atoms with Gasteiger partial charge < -0.3 is 44.2 Å². The molecule has 0 aliphatic rings. The summed E-state index contributed by atoms with van der Waals surface area (Å²) in [6.45, 7) is 6.30. The Morgan fingerprint density at radius 3 is 2.02 bits per heavy atom. The van der Waals surface area contributed by atoms with Crippen LogP contribution in [-0.2, 0) is 53.7 Å². The molecule has 0 saturated carbocycles. The normalized spacial score (nSPS) is 11.6. The van der Waals surface area contributed by atoms with Crippen molar-refractivity contribution in [2.45, 2.75) is 49.9 Å². The Bertz CT molecular complexity index is 1570. The molecule has 1 aromatic carbocycles. The summed E-state index contributed by atoms with van der Waals surface area (Å²) in [4.78, 5) is 54.1. The van der Waals surface area contributed by atoms with Gasteiger partial charge in [0.25, 0.3) is 5.91 Å². The minimum atomic E-state index is -4.04. The largest absolute Gasteiger partial charge is 0.492 e.